The zero-order chi connectivity index (χ0) is 13.8. The van der Waals surface area contributed by atoms with Gasteiger partial charge in [0.2, 0.25) is 0 Å². The summed E-state index contributed by atoms with van der Waals surface area (Å²) in [6.07, 6.45) is 1.03. The Bertz CT molecular complexity index is 546. The van der Waals surface area contributed by atoms with Crippen LogP contribution in [0.5, 0.6) is 0 Å². The number of aryl methyl sites for hydroxylation is 1. The Morgan fingerprint density at radius 1 is 1.05 bits per heavy atom. The van der Waals surface area contributed by atoms with E-state index in [-0.39, 0.29) is 0 Å². The zero-order valence-corrected chi connectivity index (χ0v) is 13.3. The highest BCUT2D eigenvalue weighted by Crippen LogP contribution is 2.20. The third-order valence-corrected chi connectivity index (χ3v) is 3.99. The molecule has 0 aromatic heterocycles. The van der Waals surface area contributed by atoms with Crippen LogP contribution in [0.2, 0.25) is 0 Å². The summed E-state index contributed by atoms with van der Waals surface area (Å²) >= 11 is 3.47. The Hall–Kier alpha value is -1.28. The Morgan fingerprint density at radius 2 is 1.74 bits per heavy atom. The van der Waals surface area contributed by atoms with Crippen molar-refractivity contribution in [2.75, 3.05) is 5.32 Å². The molecule has 100 valence electrons. The van der Waals surface area contributed by atoms with Gasteiger partial charge in [-0.3, -0.25) is 0 Å². The molecule has 0 aliphatic carbocycles. The first-order chi connectivity index (χ1) is 9.06. The van der Waals surface area contributed by atoms with Crippen molar-refractivity contribution < 1.29 is 0 Å². The molecule has 0 saturated carbocycles. The van der Waals surface area contributed by atoms with Gasteiger partial charge in [0.05, 0.1) is 0 Å². The first-order valence-corrected chi connectivity index (χ1v) is 7.43. The van der Waals surface area contributed by atoms with Crippen LogP contribution in [-0.2, 0) is 6.42 Å². The standard InChI is InChI=1S/C17H20BrN/c1-12-5-4-6-17(14(12)3)19-13(2)11-15-7-9-16(18)10-8-15/h4-10,13,19H,11H2,1-3H3. The van der Waals surface area contributed by atoms with E-state index in [0.717, 1.165) is 10.9 Å². The molecular weight excluding hydrogens is 298 g/mol. The molecule has 1 nitrogen and oxygen atoms in total. The lowest BCUT2D eigenvalue weighted by Gasteiger charge is -2.18. The molecule has 0 spiro atoms. The highest BCUT2D eigenvalue weighted by molar-refractivity contribution is 9.10. The van der Waals surface area contributed by atoms with Gasteiger partial charge in [0, 0.05) is 16.2 Å². The minimum absolute atomic E-state index is 0.418. The molecule has 0 aliphatic heterocycles. The van der Waals surface area contributed by atoms with Gasteiger partial charge in [0.25, 0.3) is 0 Å². The summed E-state index contributed by atoms with van der Waals surface area (Å²) in [5.41, 5.74) is 5.27. The van der Waals surface area contributed by atoms with Gasteiger partial charge in [-0.15, -0.1) is 0 Å². The predicted octanol–water partition coefficient (Wildman–Crippen LogP) is 5.11. The Labute approximate surface area is 124 Å². The van der Waals surface area contributed by atoms with Crippen molar-refractivity contribution in [3.63, 3.8) is 0 Å². The van der Waals surface area contributed by atoms with Crippen molar-refractivity contribution in [2.24, 2.45) is 0 Å². The highest BCUT2D eigenvalue weighted by Gasteiger charge is 2.06. The molecular formula is C17H20BrN. The number of halogens is 1. The van der Waals surface area contributed by atoms with Gasteiger partial charge in [0.1, 0.15) is 0 Å². The highest BCUT2D eigenvalue weighted by atomic mass is 79.9. The van der Waals surface area contributed by atoms with E-state index in [1.807, 2.05) is 0 Å². The number of nitrogens with one attached hydrogen (secondary N) is 1. The molecule has 0 bridgehead atoms. The van der Waals surface area contributed by atoms with Crippen molar-refractivity contribution >= 4 is 21.6 Å². The van der Waals surface area contributed by atoms with Crippen molar-refractivity contribution in [1.29, 1.82) is 0 Å². The maximum atomic E-state index is 3.60. The van der Waals surface area contributed by atoms with Crippen LogP contribution in [0.25, 0.3) is 0 Å². The third kappa shape index (κ3) is 3.84. The molecule has 0 aliphatic rings. The molecule has 1 N–H and O–H groups in total. The maximum Gasteiger partial charge on any atom is 0.0374 e. The van der Waals surface area contributed by atoms with Gasteiger partial charge < -0.3 is 5.32 Å². The van der Waals surface area contributed by atoms with Gasteiger partial charge in [-0.1, -0.05) is 40.2 Å². The lowest BCUT2D eigenvalue weighted by atomic mass is 10.0. The summed E-state index contributed by atoms with van der Waals surface area (Å²) in [4.78, 5) is 0. The first-order valence-electron chi connectivity index (χ1n) is 6.63. The van der Waals surface area contributed by atoms with Crippen LogP contribution in [0.1, 0.15) is 23.6 Å². The molecule has 0 amide bonds. The van der Waals surface area contributed by atoms with E-state index in [9.17, 15) is 0 Å². The van der Waals surface area contributed by atoms with E-state index in [1.54, 1.807) is 0 Å². The fourth-order valence-corrected chi connectivity index (χ4v) is 2.46. The molecule has 1 atom stereocenters. The van der Waals surface area contributed by atoms with E-state index in [4.69, 9.17) is 0 Å². The lowest BCUT2D eigenvalue weighted by molar-refractivity contribution is 0.789. The minimum atomic E-state index is 0.418. The predicted molar refractivity (Wildman–Crippen MR) is 86.8 cm³/mol. The van der Waals surface area contributed by atoms with E-state index < -0.39 is 0 Å². The van der Waals surface area contributed by atoms with Crippen LogP contribution in [0.15, 0.2) is 46.9 Å². The van der Waals surface area contributed by atoms with E-state index in [0.29, 0.717) is 6.04 Å². The fourth-order valence-electron chi connectivity index (χ4n) is 2.20. The third-order valence-electron chi connectivity index (χ3n) is 3.46. The van der Waals surface area contributed by atoms with Crippen LogP contribution in [-0.4, -0.2) is 6.04 Å². The largest absolute Gasteiger partial charge is 0.382 e. The number of hydrogen-bond acceptors (Lipinski definition) is 1. The molecule has 0 heterocycles. The fraction of sp³-hybridized carbons (Fsp3) is 0.294. The second-order valence-electron chi connectivity index (χ2n) is 5.12. The number of hydrogen-bond donors (Lipinski definition) is 1. The van der Waals surface area contributed by atoms with E-state index in [2.05, 4.69) is 84.5 Å². The second-order valence-corrected chi connectivity index (χ2v) is 6.04. The van der Waals surface area contributed by atoms with Crippen LogP contribution in [0.3, 0.4) is 0 Å². The van der Waals surface area contributed by atoms with Crippen LogP contribution in [0, 0.1) is 13.8 Å². The van der Waals surface area contributed by atoms with Gasteiger partial charge in [-0.05, 0) is 62.1 Å². The second kappa shape index (κ2) is 6.25. The Morgan fingerprint density at radius 3 is 2.42 bits per heavy atom. The molecule has 0 radical (unpaired) electrons. The molecule has 2 aromatic rings. The monoisotopic (exact) mass is 317 g/mol. The van der Waals surface area contributed by atoms with Gasteiger partial charge in [0.15, 0.2) is 0 Å². The Balaban J connectivity index is 2.03. The summed E-state index contributed by atoms with van der Waals surface area (Å²) in [5.74, 6) is 0. The summed E-state index contributed by atoms with van der Waals surface area (Å²) in [5, 5.41) is 3.60. The molecule has 0 fully saturated rings. The molecule has 19 heavy (non-hydrogen) atoms. The van der Waals surface area contributed by atoms with Gasteiger partial charge >= 0.3 is 0 Å². The van der Waals surface area contributed by atoms with Crippen LogP contribution < -0.4 is 5.32 Å². The van der Waals surface area contributed by atoms with E-state index in [1.165, 1.54) is 22.4 Å². The number of anilines is 1. The number of rotatable bonds is 4. The van der Waals surface area contributed by atoms with Crippen LogP contribution in [0.4, 0.5) is 5.69 Å². The van der Waals surface area contributed by atoms with Crippen molar-refractivity contribution in [2.45, 2.75) is 33.2 Å². The molecule has 1 unspecified atom stereocenters. The topological polar surface area (TPSA) is 12.0 Å². The van der Waals surface area contributed by atoms with E-state index >= 15 is 0 Å². The lowest BCUT2D eigenvalue weighted by Crippen LogP contribution is -2.18. The SMILES string of the molecule is Cc1cccc(NC(C)Cc2ccc(Br)cc2)c1C. The van der Waals surface area contributed by atoms with Gasteiger partial charge in [-0.2, -0.15) is 0 Å². The Kier molecular flexibility index (Phi) is 4.65. The van der Waals surface area contributed by atoms with Crippen molar-refractivity contribution in [1.82, 2.24) is 0 Å². The molecule has 0 saturated heterocycles. The van der Waals surface area contributed by atoms with Crippen molar-refractivity contribution in [3.05, 3.63) is 63.6 Å². The smallest absolute Gasteiger partial charge is 0.0374 e. The quantitative estimate of drug-likeness (QED) is 0.826. The summed E-state index contributed by atoms with van der Waals surface area (Å²) in [7, 11) is 0. The summed E-state index contributed by atoms with van der Waals surface area (Å²) in [6.45, 7) is 6.55. The summed E-state index contributed by atoms with van der Waals surface area (Å²) in [6, 6.07) is 15.4. The summed E-state index contributed by atoms with van der Waals surface area (Å²) < 4.78 is 1.13. The average Bonchev–Trinajstić information content (AvgIpc) is 2.38. The maximum absolute atomic E-state index is 3.60. The van der Waals surface area contributed by atoms with Crippen LogP contribution >= 0.6 is 15.9 Å². The molecule has 2 rings (SSSR count). The minimum Gasteiger partial charge on any atom is -0.382 e. The molecule has 2 aromatic carbocycles. The first kappa shape index (κ1) is 14.1. The average molecular weight is 318 g/mol. The molecule has 2 heteroatoms. The van der Waals surface area contributed by atoms with Crippen molar-refractivity contribution in [3.8, 4) is 0 Å². The van der Waals surface area contributed by atoms with Gasteiger partial charge in [-0.25, -0.2) is 0 Å². The number of benzene rings is 2. The normalized spacial score (nSPS) is 12.2. The zero-order valence-electron chi connectivity index (χ0n) is 11.7.